The molecule has 1 rings (SSSR count). The summed E-state index contributed by atoms with van der Waals surface area (Å²) < 4.78 is 0. The van der Waals surface area contributed by atoms with Gasteiger partial charge < -0.3 is 25.7 Å². The van der Waals surface area contributed by atoms with Gasteiger partial charge in [-0.3, -0.25) is 9.59 Å². The van der Waals surface area contributed by atoms with Gasteiger partial charge in [0.25, 0.3) is 5.91 Å². The number of carbonyl (C=O) groups excluding carboxylic acids is 1. The van der Waals surface area contributed by atoms with Gasteiger partial charge in [0, 0.05) is 25.1 Å². The number of hydrogen-bond donors (Lipinski definition) is 5. The lowest BCUT2D eigenvalue weighted by molar-refractivity contribution is -0.137. The zero-order valence-corrected chi connectivity index (χ0v) is 10.8. The molecule has 0 aliphatic rings. The van der Waals surface area contributed by atoms with E-state index in [-0.39, 0.29) is 17.7 Å². The largest absolute Gasteiger partial charge is 0.508 e. The van der Waals surface area contributed by atoms with Crippen molar-refractivity contribution in [3.05, 3.63) is 17.7 Å². The standard InChI is InChI=1S/C13H17NO6/c15-8-6-9(16)12(10(17)7-8)13(20)14-5-3-1-2-4-11(18)19/h6-7,15-17H,1-5H2,(H,14,20)(H,18,19). The zero-order chi connectivity index (χ0) is 15.1. The summed E-state index contributed by atoms with van der Waals surface area (Å²) in [5.41, 5.74) is -0.298. The van der Waals surface area contributed by atoms with Crippen LogP contribution >= 0.6 is 0 Å². The first-order valence-electron chi connectivity index (χ1n) is 6.16. The Labute approximate surface area is 115 Å². The summed E-state index contributed by atoms with van der Waals surface area (Å²) in [6.45, 7) is 0.304. The highest BCUT2D eigenvalue weighted by molar-refractivity contribution is 5.99. The molecule has 0 bridgehead atoms. The van der Waals surface area contributed by atoms with Crippen LogP contribution in [0.4, 0.5) is 0 Å². The number of benzene rings is 1. The first kappa shape index (κ1) is 15.6. The highest BCUT2D eigenvalue weighted by Gasteiger charge is 2.17. The molecule has 0 heterocycles. The Bertz CT molecular complexity index is 477. The molecule has 20 heavy (non-hydrogen) atoms. The Kier molecular flexibility index (Phi) is 5.64. The minimum absolute atomic E-state index is 0.0908. The number of carboxylic acids is 1. The van der Waals surface area contributed by atoms with E-state index in [1.54, 1.807) is 0 Å². The number of nitrogens with one attached hydrogen (secondary N) is 1. The molecule has 7 nitrogen and oxygen atoms in total. The van der Waals surface area contributed by atoms with Crippen molar-refractivity contribution in [3.63, 3.8) is 0 Å². The lowest BCUT2D eigenvalue weighted by Gasteiger charge is -2.09. The van der Waals surface area contributed by atoms with Crippen molar-refractivity contribution in [1.29, 1.82) is 0 Å². The SMILES string of the molecule is O=C(O)CCCCCNC(=O)c1c(O)cc(O)cc1O. The molecule has 5 N–H and O–H groups in total. The van der Waals surface area contributed by atoms with Crippen LogP contribution in [0.15, 0.2) is 12.1 Å². The molecule has 0 spiro atoms. The van der Waals surface area contributed by atoms with Gasteiger partial charge in [-0.25, -0.2) is 0 Å². The molecule has 1 aromatic carbocycles. The molecule has 0 saturated carbocycles. The van der Waals surface area contributed by atoms with Crippen LogP contribution in [0.5, 0.6) is 17.2 Å². The maximum atomic E-state index is 11.7. The van der Waals surface area contributed by atoms with Gasteiger partial charge in [-0.15, -0.1) is 0 Å². The van der Waals surface area contributed by atoms with Gasteiger partial charge in [-0.1, -0.05) is 6.42 Å². The summed E-state index contributed by atoms with van der Waals surface area (Å²) in [7, 11) is 0. The van der Waals surface area contributed by atoms with Crippen LogP contribution < -0.4 is 5.32 Å². The van der Waals surface area contributed by atoms with E-state index in [1.807, 2.05) is 0 Å². The summed E-state index contributed by atoms with van der Waals surface area (Å²) in [4.78, 5) is 22.0. The molecule has 0 saturated heterocycles. The number of hydrogen-bond acceptors (Lipinski definition) is 5. The van der Waals surface area contributed by atoms with Crippen molar-refractivity contribution < 1.29 is 30.0 Å². The van der Waals surface area contributed by atoms with E-state index in [1.165, 1.54) is 0 Å². The van der Waals surface area contributed by atoms with Gasteiger partial charge in [0.05, 0.1) is 0 Å². The molecule has 0 aromatic heterocycles. The minimum Gasteiger partial charge on any atom is -0.508 e. The fraction of sp³-hybridized carbons (Fsp3) is 0.385. The van der Waals surface area contributed by atoms with E-state index in [4.69, 9.17) is 10.2 Å². The van der Waals surface area contributed by atoms with Gasteiger partial charge in [0.2, 0.25) is 0 Å². The predicted octanol–water partition coefficient (Wildman–Crippen LogP) is 1.18. The minimum atomic E-state index is -0.854. The Morgan fingerprint density at radius 2 is 1.60 bits per heavy atom. The summed E-state index contributed by atoms with van der Waals surface area (Å²) in [6, 6.07) is 1.92. The Morgan fingerprint density at radius 1 is 1.00 bits per heavy atom. The first-order valence-corrected chi connectivity index (χ1v) is 6.16. The van der Waals surface area contributed by atoms with Crippen LogP contribution in [-0.4, -0.2) is 38.8 Å². The Balaban J connectivity index is 2.42. The highest BCUT2D eigenvalue weighted by Crippen LogP contribution is 2.31. The predicted molar refractivity (Wildman–Crippen MR) is 69.9 cm³/mol. The summed E-state index contributed by atoms with van der Waals surface area (Å²) in [6.07, 6.45) is 1.87. The van der Waals surface area contributed by atoms with E-state index in [9.17, 15) is 19.8 Å². The molecule has 0 aliphatic carbocycles. The number of carbonyl (C=O) groups is 2. The average molecular weight is 283 g/mol. The van der Waals surface area contributed by atoms with E-state index >= 15 is 0 Å². The topological polar surface area (TPSA) is 127 Å². The second-order valence-electron chi connectivity index (χ2n) is 4.32. The van der Waals surface area contributed by atoms with E-state index in [2.05, 4.69) is 5.32 Å². The van der Waals surface area contributed by atoms with E-state index < -0.39 is 23.4 Å². The van der Waals surface area contributed by atoms with Crippen molar-refractivity contribution in [2.45, 2.75) is 25.7 Å². The van der Waals surface area contributed by atoms with Crippen molar-refractivity contribution in [2.24, 2.45) is 0 Å². The van der Waals surface area contributed by atoms with Gasteiger partial charge in [-0.05, 0) is 12.8 Å². The first-order chi connectivity index (χ1) is 9.41. The van der Waals surface area contributed by atoms with Crippen molar-refractivity contribution in [1.82, 2.24) is 5.32 Å². The third kappa shape index (κ3) is 4.68. The fourth-order valence-corrected chi connectivity index (χ4v) is 1.70. The molecule has 1 amide bonds. The smallest absolute Gasteiger partial charge is 0.303 e. The fourth-order valence-electron chi connectivity index (χ4n) is 1.70. The molecule has 110 valence electrons. The summed E-state index contributed by atoms with van der Waals surface area (Å²) >= 11 is 0. The number of unbranched alkanes of at least 4 members (excludes halogenated alkanes) is 2. The zero-order valence-electron chi connectivity index (χ0n) is 10.8. The number of phenols is 3. The highest BCUT2D eigenvalue weighted by atomic mass is 16.4. The molecule has 1 aromatic rings. The molecule has 0 radical (unpaired) electrons. The molecular weight excluding hydrogens is 266 g/mol. The monoisotopic (exact) mass is 283 g/mol. The number of phenolic OH excluding ortho intramolecular Hbond substituents is 3. The quantitative estimate of drug-likeness (QED) is 0.478. The van der Waals surface area contributed by atoms with Crippen LogP contribution in [0.2, 0.25) is 0 Å². The molecular formula is C13H17NO6. The van der Waals surface area contributed by atoms with Crippen molar-refractivity contribution in [2.75, 3.05) is 6.54 Å². The number of aromatic hydroxyl groups is 3. The number of amides is 1. The van der Waals surface area contributed by atoms with Crippen LogP contribution in [0, 0.1) is 0 Å². The number of carboxylic acid groups (broad SMARTS) is 1. The Hall–Kier alpha value is -2.44. The van der Waals surface area contributed by atoms with Crippen molar-refractivity contribution in [3.8, 4) is 17.2 Å². The number of rotatable bonds is 7. The van der Waals surface area contributed by atoms with E-state index in [0.717, 1.165) is 12.1 Å². The number of aliphatic carboxylic acids is 1. The molecule has 7 heteroatoms. The molecule has 0 aliphatic heterocycles. The normalized spacial score (nSPS) is 10.2. The molecule has 0 unspecified atom stereocenters. The van der Waals surface area contributed by atoms with Crippen LogP contribution in [0.25, 0.3) is 0 Å². The third-order valence-corrected chi connectivity index (χ3v) is 2.66. The van der Waals surface area contributed by atoms with Gasteiger partial charge in [0.1, 0.15) is 22.8 Å². The van der Waals surface area contributed by atoms with Gasteiger partial charge in [0.15, 0.2) is 0 Å². The van der Waals surface area contributed by atoms with Gasteiger partial charge >= 0.3 is 5.97 Å². The summed E-state index contributed by atoms with van der Waals surface area (Å²) in [5, 5.41) is 39.1. The Morgan fingerprint density at radius 3 is 2.15 bits per heavy atom. The molecule has 0 atom stereocenters. The van der Waals surface area contributed by atoms with Crippen LogP contribution in [0.1, 0.15) is 36.0 Å². The average Bonchev–Trinajstić information content (AvgIpc) is 2.31. The third-order valence-electron chi connectivity index (χ3n) is 2.66. The lowest BCUT2D eigenvalue weighted by Crippen LogP contribution is -2.24. The van der Waals surface area contributed by atoms with Crippen LogP contribution in [0.3, 0.4) is 0 Å². The van der Waals surface area contributed by atoms with Crippen LogP contribution in [-0.2, 0) is 4.79 Å². The van der Waals surface area contributed by atoms with Gasteiger partial charge in [-0.2, -0.15) is 0 Å². The maximum Gasteiger partial charge on any atom is 0.303 e. The van der Waals surface area contributed by atoms with E-state index in [0.29, 0.717) is 25.8 Å². The lowest BCUT2D eigenvalue weighted by atomic mass is 10.1. The maximum absolute atomic E-state index is 11.7. The second-order valence-corrected chi connectivity index (χ2v) is 4.32. The second kappa shape index (κ2) is 7.22. The summed E-state index contributed by atoms with van der Waals surface area (Å²) in [5.74, 6) is -2.87. The van der Waals surface area contributed by atoms with Crippen molar-refractivity contribution >= 4 is 11.9 Å². The molecule has 0 fully saturated rings.